The highest BCUT2D eigenvalue weighted by Crippen LogP contribution is 2.27. The Morgan fingerprint density at radius 1 is 1.43 bits per heavy atom. The van der Waals surface area contributed by atoms with Gasteiger partial charge in [-0.2, -0.15) is 5.26 Å². The molecular weight excluding hydrogens is 294 g/mol. The molecule has 2 amide bonds. The van der Waals surface area contributed by atoms with E-state index in [0.717, 1.165) is 19.4 Å². The van der Waals surface area contributed by atoms with Gasteiger partial charge in [-0.15, -0.1) is 0 Å². The van der Waals surface area contributed by atoms with Crippen molar-refractivity contribution in [2.75, 3.05) is 24.6 Å². The summed E-state index contributed by atoms with van der Waals surface area (Å²) < 4.78 is 5.48. The molecular formula is C17H19N3O3. The minimum atomic E-state index is -0.379. The molecule has 0 bridgehead atoms. The third-order valence-corrected chi connectivity index (χ3v) is 4.34. The lowest BCUT2D eigenvalue weighted by Crippen LogP contribution is -2.37. The Labute approximate surface area is 135 Å². The molecule has 2 aliphatic rings. The van der Waals surface area contributed by atoms with Gasteiger partial charge in [-0.3, -0.25) is 9.59 Å². The normalized spacial score (nSPS) is 23.8. The van der Waals surface area contributed by atoms with Gasteiger partial charge in [0.05, 0.1) is 23.3 Å². The standard InChI is InChI=1S/C17H19N3O3/c18-9-12-4-1-2-6-15(12)20-11-13(8-16(20)21)17(22)19-10-14-5-3-7-23-14/h1-2,4,6,13-14H,3,5,7-8,10-11H2,(H,19,22). The molecule has 2 heterocycles. The van der Waals surface area contributed by atoms with Crippen LogP contribution in [0.15, 0.2) is 24.3 Å². The van der Waals surface area contributed by atoms with Gasteiger partial charge in [0.15, 0.2) is 0 Å². The maximum atomic E-state index is 12.3. The largest absolute Gasteiger partial charge is 0.376 e. The predicted molar refractivity (Wildman–Crippen MR) is 83.6 cm³/mol. The number of amides is 2. The summed E-state index contributed by atoms with van der Waals surface area (Å²) in [5.41, 5.74) is 1.02. The SMILES string of the molecule is N#Cc1ccccc1N1CC(C(=O)NCC2CCCO2)CC1=O. The number of carbonyl (C=O) groups is 2. The van der Waals surface area contributed by atoms with Gasteiger partial charge in [0.2, 0.25) is 11.8 Å². The molecule has 2 aliphatic heterocycles. The summed E-state index contributed by atoms with van der Waals surface area (Å²) in [6.07, 6.45) is 2.26. The lowest BCUT2D eigenvalue weighted by molar-refractivity contribution is -0.126. The highest BCUT2D eigenvalue weighted by atomic mass is 16.5. The van der Waals surface area contributed by atoms with Gasteiger partial charge >= 0.3 is 0 Å². The van der Waals surface area contributed by atoms with Gasteiger partial charge in [0.25, 0.3) is 0 Å². The van der Waals surface area contributed by atoms with Gasteiger partial charge in [-0.25, -0.2) is 0 Å². The number of carbonyl (C=O) groups excluding carboxylic acids is 2. The summed E-state index contributed by atoms with van der Waals surface area (Å²) in [6, 6.07) is 9.05. The molecule has 2 fully saturated rings. The summed E-state index contributed by atoms with van der Waals surface area (Å²) in [6.45, 7) is 1.56. The monoisotopic (exact) mass is 313 g/mol. The van der Waals surface area contributed by atoms with Crippen molar-refractivity contribution in [1.29, 1.82) is 5.26 Å². The van der Waals surface area contributed by atoms with Crippen LogP contribution < -0.4 is 10.2 Å². The minimum Gasteiger partial charge on any atom is -0.376 e. The topological polar surface area (TPSA) is 82.4 Å². The zero-order chi connectivity index (χ0) is 16.2. The van der Waals surface area contributed by atoms with Crippen molar-refractivity contribution in [2.24, 2.45) is 5.92 Å². The van der Waals surface area contributed by atoms with Crippen molar-refractivity contribution in [3.05, 3.63) is 29.8 Å². The maximum absolute atomic E-state index is 12.3. The first-order valence-corrected chi connectivity index (χ1v) is 7.88. The Morgan fingerprint density at radius 2 is 2.26 bits per heavy atom. The fourth-order valence-corrected chi connectivity index (χ4v) is 3.08. The van der Waals surface area contributed by atoms with E-state index in [-0.39, 0.29) is 30.3 Å². The molecule has 0 aliphatic carbocycles. The van der Waals surface area contributed by atoms with Crippen LogP contribution in [0.4, 0.5) is 5.69 Å². The van der Waals surface area contributed by atoms with E-state index in [0.29, 0.717) is 24.3 Å². The first-order chi connectivity index (χ1) is 11.2. The predicted octanol–water partition coefficient (Wildman–Crippen LogP) is 1.21. The Balaban J connectivity index is 1.62. The number of ether oxygens (including phenoxy) is 1. The average Bonchev–Trinajstić information content (AvgIpc) is 3.22. The molecule has 3 rings (SSSR count). The molecule has 0 radical (unpaired) electrons. The quantitative estimate of drug-likeness (QED) is 0.905. The Kier molecular flexibility index (Phi) is 4.58. The van der Waals surface area contributed by atoms with Crippen LogP contribution in [0.25, 0.3) is 0 Å². The first kappa shape index (κ1) is 15.5. The number of rotatable bonds is 4. The smallest absolute Gasteiger partial charge is 0.227 e. The number of hydrogen-bond donors (Lipinski definition) is 1. The zero-order valence-corrected chi connectivity index (χ0v) is 12.8. The Morgan fingerprint density at radius 3 is 3.00 bits per heavy atom. The fourth-order valence-electron chi connectivity index (χ4n) is 3.08. The molecule has 6 nitrogen and oxygen atoms in total. The van der Waals surface area contributed by atoms with Crippen LogP contribution >= 0.6 is 0 Å². The second-order valence-corrected chi connectivity index (χ2v) is 5.91. The summed E-state index contributed by atoms with van der Waals surface area (Å²) in [4.78, 5) is 26.0. The van der Waals surface area contributed by atoms with Crippen LogP contribution in [0.5, 0.6) is 0 Å². The van der Waals surface area contributed by atoms with Crippen LogP contribution in [-0.2, 0) is 14.3 Å². The number of nitrogens with zero attached hydrogens (tertiary/aromatic N) is 2. The number of nitriles is 1. The number of nitrogens with one attached hydrogen (secondary N) is 1. The van der Waals surface area contributed by atoms with Gasteiger partial charge < -0.3 is 15.0 Å². The fraction of sp³-hybridized carbons (Fsp3) is 0.471. The van der Waals surface area contributed by atoms with Crippen molar-refractivity contribution in [3.63, 3.8) is 0 Å². The molecule has 120 valence electrons. The average molecular weight is 313 g/mol. The number of benzene rings is 1. The van der Waals surface area contributed by atoms with E-state index in [1.165, 1.54) is 4.90 Å². The van der Waals surface area contributed by atoms with Crippen molar-refractivity contribution < 1.29 is 14.3 Å². The van der Waals surface area contributed by atoms with E-state index in [1.807, 2.05) is 0 Å². The molecule has 1 aromatic rings. The van der Waals surface area contributed by atoms with Crippen LogP contribution in [0.3, 0.4) is 0 Å². The molecule has 2 unspecified atom stereocenters. The molecule has 0 aromatic heterocycles. The lowest BCUT2D eigenvalue weighted by atomic mass is 10.1. The second-order valence-electron chi connectivity index (χ2n) is 5.91. The number of hydrogen-bond acceptors (Lipinski definition) is 4. The highest BCUT2D eigenvalue weighted by Gasteiger charge is 2.36. The molecule has 1 N–H and O–H groups in total. The van der Waals surface area contributed by atoms with E-state index in [4.69, 9.17) is 10.00 Å². The lowest BCUT2D eigenvalue weighted by Gasteiger charge is -2.18. The van der Waals surface area contributed by atoms with Crippen LogP contribution in [0.2, 0.25) is 0 Å². The first-order valence-electron chi connectivity index (χ1n) is 7.88. The van der Waals surface area contributed by atoms with Gasteiger partial charge in [-0.05, 0) is 25.0 Å². The van der Waals surface area contributed by atoms with E-state index < -0.39 is 0 Å². The van der Waals surface area contributed by atoms with Gasteiger partial charge in [0.1, 0.15) is 6.07 Å². The van der Waals surface area contributed by atoms with Crippen molar-refractivity contribution >= 4 is 17.5 Å². The van der Waals surface area contributed by atoms with Crippen LogP contribution in [0.1, 0.15) is 24.8 Å². The van der Waals surface area contributed by atoms with E-state index in [2.05, 4.69) is 11.4 Å². The third-order valence-electron chi connectivity index (χ3n) is 4.34. The number of anilines is 1. The summed E-state index contributed by atoms with van der Waals surface area (Å²) in [7, 11) is 0. The Bertz CT molecular complexity index is 647. The van der Waals surface area contributed by atoms with Gasteiger partial charge in [0, 0.05) is 26.1 Å². The Hall–Kier alpha value is -2.39. The molecule has 2 atom stereocenters. The molecule has 1 aromatic carbocycles. The van der Waals surface area contributed by atoms with E-state index >= 15 is 0 Å². The van der Waals surface area contributed by atoms with E-state index in [1.54, 1.807) is 24.3 Å². The van der Waals surface area contributed by atoms with Crippen molar-refractivity contribution in [2.45, 2.75) is 25.4 Å². The highest BCUT2D eigenvalue weighted by molar-refractivity contribution is 6.01. The molecule has 23 heavy (non-hydrogen) atoms. The second kappa shape index (κ2) is 6.80. The van der Waals surface area contributed by atoms with Crippen molar-refractivity contribution in [3.8, 4) is 6.07 Å². The third kappa shape index (κ3) is 3.35. The molecule has 0 spiro atoms. The van der Waals surface area contributed by atoms with Crippen LogP contribution in [0, 0.1) is 17.2 Å². The zero-order valence-electron chi connectivity index (χ0n) is 12.8. The molecule has 2 saturated heterocycles. The van der Waals surface area contributed by atoms with Gasteiger partial charge in [-0.1, -0.05) is 12.1 Å². The van der Waals surface area contributed by atoms with E-state index in [9.17, 15) is 9.59 Å². The molecule has 0 saturated carbocycles. The maximum Gasteiger partial charge on any atom is 0.227 e. The van der Waals surface area contributed by atoms with Crippen molar-refractivity contribution in [1.82, 2.24) is 5.32 Å². The summed E-state index contributed by atoms with van der Waals surface area (Å²) >= 11 is 0. The minimum absolute atomic E-state index is 0.0893. The van der Waals surface area contributed by atoms with Crippen LogP contribution in [-0.4, -0.2) is 37.6 Å². The number of para-hydroxylation sites is 1. The summed E-state index contributed by atoms with van der Waals surface area (Å²) in [5.74, 6) is -0.619. The summed E-state index contributed by atoms with van der Waals surface area (Å²) in [5, 5.41) is 12.0. The molecule has 6 heteroatoms.